The van der Waals surface area contributed by atoms with Crippen LogP contribution < -0.4 is 5.32 Å². The van der Waals surface area contributed by atoms with Crippen LogP contribution in [-0.4, -0.2) is 15.7 Å². The van der Waals surface area contributed by atoms with Crippen molar-refractivity contribution in [1.82, 2.24) is 15.1 Å². The monoisotopic (exact) mass is 409 g/mol. The predicted molar refractivity (Wildman–Crippen MR) is 125 cm³/mol. The second kappa shape index (κ2) is 9.43. The summed E-state index contributed by atoms with van der Waals surface area (Å²) in [4.78, 5) is 13.6. The van der Waals surface area contributed by atoms with E-state index in [-0.39, 0.29) is 11.9 Å². The van der Waals surface area contributed by atoms with Gasteiger partial charge in [0.15, 0.2) is 0 Å². The minimum Gasteiger partial charge on any atom is -0.345 e. The quantitative estimate of drug-likeness (QED) is 0.400. The normalized spacial score (nSPS) is 11.8. The lowest BCUT2D eigenvalue weighted by Crippen LogP contribution is -2.29. The molecule has 1 heterocycles. The fourth-order valence-corrected chi connectivity index (χ4v) is 3.92. The van der Waals surface area contributed by atoms with Crippen molar-refractivity contribution in [3.63, 3.8) is 0 Å². The Morgan fingerprint density at radius 1 is 0.903 bits per heavy atom. The summed E-state index contributed by atoms with van der Waals surface area (Å²) in [6, 6.07) is 29.9. The molecule has 4 heteroatoms. The largest absolute Gasteiger partial charge is 0.345 e. The van der Waals surface area contributed by atoms with Crippen LogP contribution in [0, 0.1) is 6.92 Å². The van der Waals surface area contributed by atoms with Crippen molar-refractivity contribution in [2.24, 2.45) is 0 Å². The zero-order chi connectivity index (χ0) is 21.6. The molecule has 0 spiro atoms. The minimum atomic E-state index is -0.0964. The first-order chi connectivity index (χ1) is 15.2. The van der Waals surface area contributed by atoms with Crippen molar-refractivity contribution in [2.45, 2.75) is 32.7 Å². The smallest absolute Gasteiger partial charge is 0.255 e. The van der Waals surface area contributed by atoms with Gasteiger partial charge in [0.1, 0.15) is 5.69 Å². The van der Waals surface area contributed by atoms with Crippen molar-refractivity contribution >= 4 is 5.91 Å². The van der Waals surface area contributed by atoms with Crippen LogP contribution in [0.2, 0.25) is 0 Å². The van der Waals surface area contributed by atoms with E-state index < -0.39 is 0 Å². The molecule has 0 saturated carbocycles. The van der Waals surface area contributed by atoms with Gasteiger partial charge in [-0.25, -0.2) is 4.68 Å². The lowest BCUT2D eigenvalue weighted by Gasteiger charge is -2.19. The third-order valence-electron chi connectivity index (χ3n) is 5.48. The summed E-state index contributed by atoms with van der Waals surface area (Å²) >= 11 is 0. The fraction of sp³-hybridized carbons (Fsp3) is 0.185. The lowest BCUT2D eigenvalue weighted by atomic mass is 10.0. The van der Waals surface area contributed by atoms with Crippen LogP contribution in [0.5, 0.6) is 0 Å². The average Bonchev–Trinajstić information content (AvgIpc) is 3.17. The number of hydrogen-bond acceptors (Lipinski definition) is 2. The number of aromatic nitrogens is 2. The molecular weight excluding hydrogens is 382 g/mol. The van der Waals surface area contributed by atoms with Crippen LogP contribution in [0.1, 0.15) is 47.4 Å². The van der Waals surface area contributed by atoms with Gasteiger partial charge in [-0.3, -0.25) is 4.79 Å². The molecule has 0 bridgehead atoms. The van der Waals surface area contributed by atoms with E-state index in [0.29, 0.717) is 11.3 Å². The predicted octanol–water partition coefficient (Wildman–Crippen LogP) is 6.12. The van der Waals surface area contributed by atoms with Gasteiger partial charge in [-0.2, -0.15) is 5.10 Å². The Balaban J connectivity index is 1.77. The zero-order valence-corrected chi connectivity index (χ0v) is 18.0. The summed E-state index contributed by atoms with van der Waals surface area (Å²) < 4.78 is 1.86. The fourth-order valence-electron chi connectivity index (χ4n) is 3.92. The molecule has 1 N–H and O–H groups in total. The number of nitrogens with zero attached hydrogens (tertiary/aromatic N) is 2. The van der Waals surface area contributed by atoms with E-state index in [9.17, 15) is 4.79 Å². The van der Waals surface area contributed by atoms with Crippen molar-refractivity contribution in [1.29, 1.82) is 0 Å². The summed E-state index contributed by atoms with van der Waals surface area (Å²) in [5.74, 6) is -0.0964. The summed E-state index contributed by atoms with van der Waals surface area (Å²) in [6.45, 7) is 4.09. The van der Waals surface area contributed by atoms with Crippen LogP contribution in [0.3, 0.4) is 0 Å². The maximum absolute atomic E-state index is 13.6. The summed E-state index contributed by atoms with van der Waals surface area (Å²) in [6.07, 6.45) is 1.86. The van der Waals surface area contributed by atoms with Crippen LogP contribution in [0.4, 0.5) is 0 Å². The Kier molecular flexibility index (Phi) is 6.27. The molecule has 31 heavy (non-hydrogen) atoms. The molecule has 4 aromatic rings. The molecule has 4 nitrogen and oxygen atoms in total. The number of para-hydroxylation sites is 1. The first-order valence-electron chi connectivity index (χ1n) is 10.7. The number of carbonyl (C=O) groups excluding carboxylic acids is 1. The molecule has 0 saturated heterocycles. The van der Waals surface area contributed by atoms with Gasteiger partial charge in [-0.05, 0) is 31.0 Å². The van der Waals surface area contributed by atoms with E-state index in [1.807, 2.05) is 90.5 Å². The first-order valence-corrected chi connectivity index (χ1v) is 10.7. The maximum atomic E-state index is 13.6. The van der Waals surface area contributed by atoms with Gasteiger partial charge >= 0.3 is 0 Å². The van der Waals surface area contributed by atoms with E-state index in [0.717, 1.165) is 35.3 Å². The third kappa shape index (κ3) is 4.43. The Bertz CT molecular complexity index is 1140. The molecule has 156 valence electrons. The van der Waals surface area contributed by atoms with Gasteiger partial charge in [0.25, 0.3) is 5.91 Å². The molecule has 1 amide bonds. The molecule has 0 aliphatic rings. The molecule has 4 rings (SSSR count). The number of rotatable bonds is 7. The number of carbonyl (C=O) groups is 1. The molecule has 0 radical (unpaired) electrons. The van der Waals surface area contributed by atoms with Gasteiger partial charge in [-0.15, -0.1) is 0 Å². The SMILES string of the molecule is CCC[C@H](NC(=O)c1c(-c2ccccc2)nn(-c2ccccc2)c1C)c1ccccc1. The van der Waals surface area contributed by atoms with Crippen molar-refractivity contribution < 1.29 is 4.79 Å². The van der Waals surface area contributed by atoms with E-state index in [1.165, 1.54) is 0 Å². The highest BCUT2D eigenvalue weighted by Crippen LogP contribution is 2.28. The first kappa shape index (κ1) is 20.6. The van der Waals surface area contributed by atoms with Gasteiger partial charge in [0.05, 0.1) is 23.0 Å². The van der Waals surface area contributed by atoms with Gasteiger partial charge in [-0.1, -0.05) is 92.2 Å². The number of nitrogens with one attached hydrogen (secondary N) is 1. The molecule has 0 unspecified atom stereocenters. The molecule has 1 aromatic heterocycles. The second-order valence-electron chi connectivity index (χ2n) is 7.65. The number of amides is 1. The molecule has 0 aliphatic carbocycles. The van der Waals surface area contributed by atoms with Crippen molar-refractivity contribution in [2.75, 3.05) is 0 Å². The highest BCUT2D eigenvalue weighted by molar-refractivity contribution is 6.01. The molecule has 0 aliphatic heterocycles. The standard InChI is InChI=1S/C27H27N3O/c1-3-13-24(21-14-7-4-8-15-21)28-27(31)25-20(2)30(23-18-11-6-12-19-23)29-26(25)22-16-9-5-10-17-22/h4-12,14-19,24H,3,13H2,1-2H3,(H,28,31)/t24-/m0/s1. The lowest BCUT2D eigenvalue weighted by molar-refractivity contribution is 0.0934. The Labute approximate surface area is 183 Å². The van der Waals surface area contributed by atoms with Crippen LogP contribution in [0.25, 0.3) is 16.9 Å². The zero-order valence-electron chi connectivity index (χ0n) is 18.0. The van der Waals surface area contributed by atoms with Gasteiger partial charge in [0, 0.05) is 5.56 Å². The van der Waals surface area contributed by atoms with Crippen LogP contribution in [-0.2, 0) is 0 Å². The Morgan fingerprint density at radius 3 is 2.10 bits per heavy atom. The summed E-state index contributed by atoms with van der Waals surface area (Å²) in [5, 5.41) is 8.13. The van der Waals surface area contributed by atoms with E-state index in [1.54, 1.807) is 0 Å². The highest BCUT2D eigenvalue weighted by Gasteiger charge is 2.25. The molecular formula is C27H27N3O. The summed E-state index contributed by atoms with van der Waals surface area (Å²) in [5.41, 5.74) is 5.12. The molecule has 3 aromatic carbocycles. The third-order valence-corrected chi connectivity index (χ3v) is 5.48. The van der Waals surface area contributed by atoms with Gasteiger partial charge in [0.2, 0.25) is 0 Å². The van der Waals surface area contributed by atoms with Gasteiger partial charge < -0.3 is 5.32 Å². The second-order valence-corrected chi connectivity index (χ2v) is 7.65. The maximum Gasteiger partial charge on any atom is 0.255 e. The van der Waals surface area contributed by atoms with Crippen LogP contribution >= 0.6 is 0 Å². The topological polar surface area (TPSA) is 46.9 Å². The van der Waals surface area contributed by atoms with Crippen molar-refractivity contribution in [3.05, 3.63) is 108 Å². The summed E-state index contributed by atoms with van der Waals surface area (Å²) in [7, 11) is 0. The van der Waals surface area contributed by atoms with E-state index >= 15 is 0 Å². The van der Waals surface area contributed by atoms with E-state index in [2.05, 4.69) is 24.4 Å². The van der Waals surface area contributed by atoms with Crippen molar-refractivity contribution in [3.8, 4) is 16.9 Å². The molecule has 1 atom stereocenters. The Hall–Kier alpha value is -3.66. The number of benzene rings is 3. The average molecular weight is 410 g/mol. The van der Waals surface area contributed by atoms with E-state index in [4.69, 9.17) is 5.10 Å². The Morgan fingerprint density at radius 2 is 1.48 bits per heavy atom. The highest BCUT2D eigenvalue weighted by atomic mass is 16.1. The minimum absolute atomic E-state index is 0.0400. The number of hydrogen-bond donors (Lipinski definition) is 1. The van der Waals surface area contributed by atoms with Crippen LogP contribution in [0.15, 0.2) is 91.0 Å². The molecule has 0 fully saturated rings.